The molecule has 1 aliphatic rings. The summed E-state index contributed by atoms with van der Waals surface area (Å²) in [4.78, 5) is 18.6. The molecule has 2 amide bonds. The lowest BCUT2D eigenvalue weighted by atomic mass is 9.99. The average molecular weight is 364 g/mol. The molecule has 0 bridgehead atoms. The van der Waals surface area contributed by atoms with Crippen LogP contribution in [0.4, 0.5) is 4.79 Å². The first-order valence-corrected chi connectivity index (χ1v) is 9.39. The van der Waals surface area contributed by atoms with Crippen molar-refractivity contribution < 1.29 is 9.90 Å². The third-order valence-corrected chi connectivity index (χ3v) is 5.18. The lowest BCUT2D eigenvalue weighted by molar-refractivity contribution is 0.129. The normalized spacial score (nSPS) is 17.2. The van der Waals surface area contributed by atoms with Gasteiger partial charge in [0, 0.05) is 31.9 Å². The Labute approximate surface area is 158 Å². The summed E-state index contributed by atoms with van der Waals surface area (Å²) >= 11 is 0. The van der Waals surface area contributed by atoms with Gasteiger partial charge in [0.1, 0.15) is 6.33 Å². The minimum absolute atomic E-state index is 0.0576. The number of urea groups is 1. The Morgan fingerprint density at radius 1 is 1.19 bits per heavy atom. The van der Waals surface area contributed by atoms with Gasteiger partial charge < -0.3 is 15.3 Å². The van der Waals surface area contributed by atoms with Crippen molar-refractivity contribution in [2.24, 2.45) is 5.92 Å². The fourth-order valence-electron chi connectivity index (χ4n) is 3.63. The van der Waals surface area contributed by atoms with Crippen molar-refractivity contribution in [1.82, 2.24) is 19.8 Å². The molecule has 0 saturated carbocycles. The molecule has 1 saturated heterocycles. The summed E-state index contributed by atoms with van der Waals surface area (Å²) in [5, 5.41) is 12.3. The fraction of sp³-hybridized carbons (Fsp3) is 0.333. The molecule has 6 nitrogen and oxygen atoms in total. The highest BCUT2D eigenvalue weighted by molar-refractivity contribution is 5.77. The summed E-state index contributed by atoms with van der Waals surface area (Å²) in [5.74, 6) is 0.203. The predicted molar refractivity (Wildman–Crippen MR) is 105 cm³/mol. The maximum Gasteiger partial charge on any atom is 0.317 e. The summed E-state index contributed by atoms with van der Waals surface area (Å²) in [5.41, 5.74) is 4.13. The lowest BCUT2D eigenvalue weighted by Crippen LogP contribution is -2.45. The zero-order chi connectivity index (χ0) is 18.6. The number of benzene rings is 2. The number of nitrogens with one attached hydrogen (secondary N) is 1. The second-order valence-electron chi connectivity index (χ2n) is 7.07. The summed E-state index contributed by atoms with van der Waals surface area (Å²) in [6, 6.07) is 16.1. The number of carbonyl (C=O) groups excluding carboxylic acids is 1. The molecule has 0 spiro atoms. The van der Waals surface area contributed by atoms with E-state index in [1.165, 1.54) is 0 Å². The summed E-state index contributed by atoms with van der Waals surface area (Å²) < 4.78 is 2.06. The van der Waals surface area contributed by atoms with Crippen LogP contribution in [-0.4, -0.2) is 45.3 Å². The predicted octanol–water partition coefficient (Wildman–Crippen LogP) is 2.94. The SMILES string of the molecule is O=C(NCc1ccc(-n2cnc3ccccc32)cc1)N1CCC[C@@H](CO)C1. The first kappa shape index (κ1) is 17.5. The highest BCUT2D eigenvalue weighted by Gasteiger charge is 2.22. The van der Waals surface area contributed by atoms with Crippen molar-refractivity contribution in [1.29, 1.82) is 0 Å². The Hall–Kier alpha value is -2.86. The minimum atomic E-state index is -0.0576. The number of aromatic nitrogens is 2. The summed E-state index contributed by atoms with van der Waals surface area (Å²) in [7, 11) is 0. The van der Waals surface area contributed by atoms with Gasteiger partial charge in [-0.05, 0) is 48.6 Å². The molecular formula is C21H24N4O2. The van der Waals surface area contributed by atoms with Gasteiger partial charge in [0.25, 0.3) is 0 Å². The number of rotatable bonds is 4. The van der Waals surface area contributed by atoms with E-state index in [2.05, 4.69) is 20.9 Å². The molecule has 1 aromatic heterocycles. The van der Waals surface area contributed by atoms with Gasteiger partial charge in [-0.1, -0.05) is 24.3 Å². The number of hydrogen-bond donors (Lipinski definition) is 2. The van der Waals surface area contributed by atoms with Gasteiger partial charge in [0.15, 0.2) is 0 Å². The van der Waals surface area contributed by atoms with E-state index in [1.807, 2.05) is 48.8 Å². The second kappa shape index (κ2) is 7.80. The molecule has 0 unspecified atom stereocenters. The van der Waals surface area contributed by atoms with Crippen LogP contribution in [0.2, 0.25) is 0 Å². The standard InChI is InChI=1S/C21H24N4O2/c26-14-17-4-3-11-24(13-17)21(27)22-12-16-7-9-18(10-8-16)25-15-23-19-5-1-2-6-20(19)25/h1-2,5-10,15,17,26H,3-4,11-14H2,(H,22,27)/t17-/m1/s1. The van der Waals surface area contributed by atoms with E-state index in [-0.39, 0.29) is 18.6 Å². The molecule has 1 atom stereocenters. The van der Waals surface area contributed by atoms with Gasteiger partial charge in [-0.2, -0.15) is 0 Å². The molecule has 0 aliphatic carbocycles. The van der Waals surface area contributed by atoms with Gasteiger partial charge in [-0.25, -0.2) is 9.78 Å². The summed E-state index contributed by atoms with van der Waals surface area (Å²) in [6.45, 7) is 2.03. The number of piperidine rings is 1. The molecule has 2 heterocycles. The van der Waals surface area contributed by atoms with E-state index in [1.54, 1.807) is 4.90 Å². The fourth-order valence-corrected chi connectivity index (χ4v) is 3.63. The van der Waals surface area contributed by atoms with Gasteiger partial charge in [-0.15, -0.1) is 0 Å². The van der Waals surface area contributed by atoms with Gasteiger partial charge in [0.2, 0.25) is 0 Å². The Morgan fingerprint density at radius 2 is 2.00 bits per heavy atom. The molecule has 4 rings (SSSR count). The van der Waals surface area contributed by atoms with Crippen molar-refractivity contribution in [3.8, 4) is 5.69 Å². The number of nitrogens with zero attached hydrogens (tertiary/aromatic N) is 3. The van der Waals surface area contributed by atoms with E-state index < -0.39 is 0 Å². The van der Waals surface area contributed by atoms with E-state index in [9.17, 15) is 9.90 Å². The van der Waals surface area contributed by atoms with Gasteiger partial charge >= 0.3 is 6.03 Å². The van der Waals surface area contributed by atoms with E-state index in [0.717, 1.165) is 41.7 Å². The molecule has 2 N–H and O–H groups in total. The third kappa shape index (κ3) is 3.80. The second-order valence-corrected chi connectivity index (χ2v) is 7.07. The first-order chi connectivity index (χ1) is 13.2. The van der Waals surface area contributed by atoms with Crippen LogP contribution in [0.3, 0.4) is 0 Å². The largest absolute Gasteiger partial charge is 0.396 e. The number of imidazole rings is 1. The van der Waals surface area contributed by atoms with Crippen LogP contribution >= 0.6 is 0 Å². The number of amides is 2. The average Bonchev–Trinajstić information content (AvgIpc) is 3.16. The molecule has 1 aliphatic heterocycles. The highest BCUT2D eigenvalue weighted by Crippen LogP contribution is 2.19. The molecule has 140 valence electrons. The Kier molecular flexibility index (Phi) is 5.07. The van der Waals surface area contributed by atoms with Crippen molar-refractivity contribution in [2.45, 2.75) is 19.4 Å². The van der Waals surface area contributed by atoms with Crippen LogP contribution in [0, 0.1) is 5.92 Å². The zero-order valence-electron chi connectivity index (χ0n) is 15.2. The number of aliphatic hydroxyl groups is 1. The maximum atomic E-state index is 12.4. The topological polar surface area (TPSA) is 70.4 Å². The molecule has 3 aromatic rings. The minimum Gasteiger partial charge on any atom is -0.396 e. The van der Waals surface area contributed by atoms with Crippen molar-refractivity contribution in [2.75, 3.05) is 19.7 Å². The number of likely N-dealkylation sites (tertiary alicyclic amines) is 1. The van der Waals surface area contributed by atoms with E-state index in [0.29, 0.717) is 13.1 Å². The van der Waals surface area contributed by atoms with Crippen LogP contribution in [0.15, 0.2) is 54.9 Å². The van der Waals surface area contributed by atoms with E-state index in [4.69, 9.17) is 0 Å². The molecular weight excluding hydrogens is 340 g/mol. The molecule has 6 heteroatoms. The number of hydrogen-bond acceptors (Lipinski definition) is 3. The van der Waals surface area contributed by atoms with Crippen LogP contribution in [0.1, 0.15) is 18.4 Å². The number of carbonyl (C=O) groups is 1. The van der Waals surface area contributed by atoms with Crippen molar-refractivity contribution in [3.05, 3.63) is 60.4 Å². The van der Waals surface area contributed by atoms with Crippen LogP contribution < -0.4 is 5.32 Å². The third-order valence-electron chi connectivity index (χ3n) is 5.18. The van der Waals surface area contributed by atoms with E-state index >= 15 is 0 Å². The molecule has 27 heavy (non-hydrogen) atoms. The molecule has 2 aromatic carbocycles. The quantitative estimate of drug-likeness (QED) is 0.748. The van der Waals surface area contributed by atoms with Crippen LogP contribution in [-0.2, 0) is 6.54 Å². The van der Waals surface area contributed by atoms with Crippen LogP contribution in [0.25, 0.3) is 16.7 Å². The Bertz CT molecular complexity index is 919. The number of para-hydroxylation sites is 2. The maximum absolute atomic E-state index is 12.4. The van der Waals surface area contributed by atoms with Crippen molar-refractivity contribution >= 4 is 17.1 Å². The molecule has 1 fully saturated rings. The monoisotopic (exact) mass is 364 g/mol. The van der Waals surface area contributed by atoms with Crippen molar-refractivity contribution in [3.63, 3.8) is 0 Å². The Balaban J connectivity index is 1.39. The Morgan fingerprint density at radius 3 is 2.81 bits per heavy atom. The number of aliphatic hydroxyl groups excluding tert-OH is 1. The summed E-state index contributed by atoms with van der Waals surface area (Å²) in [6.07, 6.45) is 3.77. The number of fused-ring (bicyclic) bond motifs is 1. The smallest absolute Gasteiger partial charge is 0.317 e. The molecule has 0 radical (unpaired) electrons. The van der Waals surface area contributed by atoms with Gasteiger partial charge in [0.05, 0.1) is 11.0 Å². The van der Waals surface area contributed by atoms with Crippen LogP contribution in [0.5, 0.6) is 0 Å². The zero-order valence-corrected chi connectivity index (χ0v) is 15.2. The highest BCUT2D eigenvalue weighted by atomic mass is 16.3. The lowest BCUT2D eigenvalue weighted by Gasteiger charge is -2.31. The van der Waals surface area contributed by atoms with Gasteiger partial charge in [-0.3, -0.25) is 4.57 Å². The first-order valence-electron chi connectivity index (χ1n) is 9.39.